The van der Waals surface area contributed by atoms with Crippen molar-refractivity contribution in [2.24, 2.45) is 17.8 Å². The first-order valence-electron chi connectivity index (χ1n) is 16.8. The Kier molecular flexibility index (Phi) is 17.6. The van der Waals surface area contributed by atoms with E-state index in [1.807, 2.05) is 6.92 Å². The fourth-order valence-electron chi connectivity index (χ4n) is 5.80. The maximum Gasteiger partial charge on any atom is 0.329 e. The monoisotopic (exact) mass is 668 g/mol. The number of aliphatic carboxylic acids is 3. The Morgan fingerprint density at radius 2 is 1.53 bits per heavy atom. The van der Waals surface area contributed by atoms with Gasteiger partial charge < -0.3 is 36.6 Å². The maximum atomic E-state index is 13.2. The first kappa shape index (κ1) is 41.5. The average Bonchev–Trinajstić information content (AvgIpc) is 3.00. The van der Waals surface area contributed by atoms with Crippen LogP contribution in [0.3, 0.4) is 0 Å². The number of ketones is 2. The van der Waals surface area contributed by atoms with Gasteiger partial charge in [-0.3, -0.25) is 19.2 Å². The second-order valence-electron chi connectivity index (χ2n) is 13.5. The van der Waals surface area contributed by atoms with E-state index in [0.29, 0.717) is 25.9 Å². The highest BCUT2D eigenvalue weighted by atomic mass is 16.4. The Bertz CT molecular complexity index is 1100. The van der Waals surface area contributed by atoms with Crippen molar-refractivity contribution in [2.45, 2.75) is 135 Å². The molecule has 7 N–H and O–H groups in total. The molecule has 0 aliphatic heterocycles. The van der Waals surface area contributed by atoms with Crippen molar-refractivity contribution in [1.82, 2.24) is 21.3 Å². The van der Waals surface area contributed by atoms with Gasteiger partial charge >= 0.3 is 23.9 Å². The number of amides is 3. The van der Waals surface area contributed by atoms with Gasteiger partial charge in [0.05, 0.1) is 5.54 Å². The van der Waals surface area contributed by atoms with Crippen molar-refractivity contribution < 1.29 is 48.9 Å². The Labute approximate surface area is 277 Å². The largest absolute Gasteiger partial charge is 0.481 e. The van der Waals surface area contributed by atoms with Crippen molar-refractivity contribution in [3.8, 4) is 0 Å². The number of hydrogen-bond donors (Lipinski definition) is 7. The Morgan fingerprint density at radius 1 is 0.894 bits per heavy atom. The van der Waals surface area contributed by atoms with E-state index in [4.69, 9.17) is 5.11 Å². The van der Waals surface area contributed by atoms with Gasteiger partial charge in [-0.25, -0.2) is 14.4 Å². The SMILES string of the molecule is CCC(=O)CCCCNC(=O)C1CCC(CNC(C)(C)C(=O)CCC(CC)(NC(=O)NC(CC(C)CC(=O)O)C(=O)O)C(=O)O)CC1. The van der Waals surface area contributed by atoms with Gasteiger partial charge in [0.15, 0.2) is 5.78 Å². The minimum atomic E-state index is -1.84. The van der Waals surface area contributed by atoms with Crippen LogP contribution >= 0.6 is 0 Å². The first-order valence-corrected chi connectivity index (χ1v) is 16.8. The average molecular weight is 669 g/mol. The third-order valence-corrected chi connectivity index (χ3v) is 9.23. The molecule has 1 aliphatic carbocycles. The summed E-state index contributed by atoms with van der Waals surface area (Å²) in [5, 5.41) is 39.3. The fraction of sp³-hybridized carbons (Fsp3) is 0.788. The highest BCUT2D eigenvalue weighted by Gasteiger charge is 2.41. The zero-order valence-electron chi connectivity index (χ0n) is 28.6. The Morgan fingerprint density at radius 3 is 2.06 bits per heavy atom. The summed E-state index contributed by atoms with van der Waals surface area (Å²) in [6, 6.07) is -2.47. The van der Waals surface area contributed by atoms with E-state index in [-0.39, 0.29) is 61.4 Å². The van der Waals surface area contributed by atoms with Gasteiger partial charge in [0, 0.05) is 38.1 Å². The van der Waals surface area contributed by atoms with Crippen LogP contribution < -0.4 is 21.3 Å². The van der Waals surface area contributed by atoms with Crippen LogP contribution in [0.5, 0.6) is 0 Å². The van der Waals surface area contributed by atoms with Crippen molar-refractivity contribution in [2.75, 3.05) is 13.1 Å². The molecule has 0 radical (unpaired) electrons. The van der Waals surface area contributed by atoms with E-state index in [0.717, 1.165) is 38.5 Å². The number of nitrogens with one attached hydrogen (secondary N) is 4. The molecule has 3 amide bonds. The molecule has 0 aromatic rings. The molecule has 268 valence electrons. The van der Waals surface area contributed by atoms with Gasteiger partial charge in [0.25, 0.3) is 0 Å². The van der Waals surface area contributed by atoms with Gasteiger partial charge in [-0.1, -0.05) is 20.8 Å². The summed E-state index contributed by atoms with van der Waals surface area (Å²) in [4.78, 5) is 84.9. The molecule has 1 rings (SSSR count). The Hall–Kier alpha value is -3.55. The first-order chi connectivity index (χ1) is 22.0. The molecule has 0 aromatic heterocycles. The smallest absolute Gasteiger partial charge is 0.329 e. The Balaban J connectivity index is 2.62. The van der Waals surface area contributed by atoms with E-state index in [9.17, 15) is 43.8 Å². The third-order valence-electron chi connectivity index (χ3n) is 9.23. The quantitative estimate of drug-likeness (QED) is 0.0782. The van der Waals surface area contributed by atoms with Crippen LogP contribution in [0.1, 0.15) is 118 Å². The molecular weight excluding hydrogens is 612 g/mol. The zero-order chi connectivity index (χ0) is 35.8. The fourth-order valence-corrected chi connectivity index (χ4v) is 5.80. The number of urea groups is 1. The third kappa shape index (κ3) is 14.8. The molecule has 47 heavy (non-hydrogen) atoms. The molecule has 3 unspecified atom stereocenters. The molecule has 0 spiro atoms. The number of rotatable bonds is 23. The summed E-state index contributed by atoms with van der Waals surface area (Å²) in [7, 11) is 0. The van der Waals surface area contributed by atoms with Crippen LogP contribution in [0.25, 0.3) is 0 Å². The number of carboxylic acid groups (broad SMARTS) is 3. The van der Waals surface area contributed by atoms with Crippen molar-refractivity contribution >= 4 is 41.4 Å². The molecule has 1 saturated carbocycles. The number of unbranched alkanes of at least 4 members (excludes halogenated alkanes) is 1. The summed E-state index contributed by atoms with van der Waals surface area (Å²) in [6.45, 7) is 9.46. The van der Waals surface area contributed by atoms with E-state index in [2.05, 4.69) is 21.3 Å². The summed E-state index contributed by atoms with van der Waals surface area (Å²) >= 11 is 0. The van der Waals surface area contributed by atoms with Gasteiger partial charge in [-0.2, -0.15) is 0 Å². The molecule has 1 aliphatic rings. The predicted molar refractivity (Wildman–Crippen MR) is 174 cm³/mol. The topological polar surface area (TPSA) is 228 Å². The van der Waals surface area contributed by atoms with Crippen molar-refractivity contribution in [1.29, 1.82) is 0 Å². The van der Waals surface area contributed by atoms with Crippen molar-refractivity contribution in [3.05, 3.63) is 0 Å². The molecule has 0 bridgehead atoms. The second-order valence-corrected chi connectivity index (χ2v) is 13.5. The van der Waals surface area contributed by atoms with Crippen LogP contribution in [0.2, 0.25) is 0 Å². The minimum Gasteiger partial charge on any atom is -0.481 e. The molecule has 1 fully saturated rings. The number of carbonyl (C=O) groups is 7. The summed E-state index contributed by atoms with van der Waals surface area (Å²) in [5.41, 5.74) is -2.82. The molecule has 0 aromatic carbocycles. The molecule has 14 heteroatoms. The number of carbonyl (C=O) groups excluding carboxylic acids is 4. The van der Waals surface area contributed by atoms with Crippen molar-refractivity contribution in [3.63, 3.8) is 0 Å². The number of Topliss-reactive ketones (excluding diaryl/α,β-unsaturated/α-hetero) is 2. The number of hydrogen-bond acceptors (Lipinski definition) is 8. The number of carboxylic acids is 3. The van der Waals surface area contributed by atoms with Gasteiger partial charge in [0.2, 0.25) is 5.91 Å². The zero-order valence-corrected chi connectivity index (χ0v) is 28.6. The van der Waals surface area contributed by atoms with E-state index in [1.54, 1.807) is 13.8 Å². The van der Waals surface area contributed by atoms with Crippen LogP contribution in [0.4, 0.5) is 4.79 Å². The van der Waals surface area contributed by atoms with Crippen LogP contribution in [0.15, 0.2) is 0 Å². The summed E-state index contributed by atoms with van der Waals surface area (Å²) in [5.74, 6) is -4.19. The van der Waals surface area contributed by atoms with Crippen LogP contribution in [-0.2, 0) is 28.8 Å². The van der Waals surface area contributed by atoms with Gasteiger partial charge in [-0.05, 0) is 90.0 Å². The molecule has 3 atom stereocenters. The standard InChI is InChI=1S/C33H56N4O10/c1-6-24(38)10-8-9-17-34-28(42)23-13-11-22(12-14-23)20-35-32(4,5)26(39)15-16-33(7-2,30(45)46)37-31(47)36-25(29(43)44)18-21(3)19-27(40)41/h21-23,25,35H,6-20H2,1-5H3,(H,34,42)(H,40,41)(H,43,44)(H,45,46)(H2,36,37,47). The summed E-state index contributed by atoms with van der Waals surface area (Å²) in [6.07, 6.45) is 4.83. The highest BCUT2D eigenvalue weighted by molar-refractivity contribution is 5.91. The lowest BCUT2D eigenvalue weighted by Crippen LogP contribution is -2.59. The van der Waals surface area contributed by atoms with E-state index < -0.39 is 47.0 Å². The maximum absolute atomic E-state index is 13.2. The minimum absolute atomic E-state index is 0.0417. The summed E-state index contributed by atoms with van der Waals surface area (Å²) < 4.78 is 0. The molecular formula is C33H56N4O10. The van der Waals surface area contributed by atoms with E-state index >= 15 is 0 Å². The molecule has 0 heterocycles. The molecule has 14 nitrogen and oxygen atoms in total. The lowest BCUT2D eigenvalue weighted by molar-refractivity contribution is -0.145. The lowest BCUT2D eigenvalue weighted by atomic mass is 9.80. The highest BCUT2D eigenvalue weighted by Crippen LogP contribution is 2.29. The normalized spacial score (nSPS) is 19.0. The van der Waals surface area contributed by atoms with Gasteiger partial charge in [0.1, 0.15) is 17.4 Å². The second kappa shape index (κ2) is 20.0. The van der Waals surface area contributed by atoms with E-state index in [1.165, 1.54) is 13.8 Å². The lowest BCUT2D eigenvalue weighted by Gasteiger charge is -2.33. The molecule has 0 saturated heterocycles. The van der Waals surface area contributed by atoms with Crippen LogP contribution in [0, 0.1) is 17.8 Å². The predicted octanol–water partition coefficient (Wildman–Crippen LogP) is 3.26. The van der Waals surface area contributed by atoms with Crippen LogP contribution in [-0.4, -0.2) is 86.9 Å². The van der Waals surface area contributed by atoms with Gasteiger partial charge in [-0.15, -0.1) is 0 Å².